The number of hydrogen-bond donors (Lipinski definition) is 0. The molecule has 0 aliphatic carbocycles. The Hall–Kier alpha value is -3.73. The van der Waals surface area contributed by atoms with Crippen molar-refractivity contribution in [3.63, 3.8) is 0 Å². The topological polar surface area (TPSA) is 103 Å². The molecule has 0 unspecified atom stereocenters. The van der Waals surface area contributed by atoms with Crippen LogP contribution >= 0.6 is 45.3 Å². The fraction of sp³-hybridized carbons (Fsp3) is 0.200. The molecule has 4 aromatic rings. The predicted octanol–water partition coefficient (Wildman–Crippen LogP) is 4.92. The Bertz CT molecular complexity index is 1870. The maximum absolute atomic E-state index is 13.8. The summed E-state index contributed by atoms with van der Waals surface area (Å²) >= 11 is 4.93. The van der Waals surface area contributed by atoms with Crippen LogP contribution in [-0.4, -0.2) is 24.3 Å². The number of aromatic nitrogens is 1. The number of thiazole rings is 1. The van der Waals surface area contributed by atoms with E-state index >= 15 is 0 Å². The summed E-state index contributed by atoms with van der Waals surface area (Å²) in [4.78, 5) is 32.8. The highest BCUT2D eigenvalue weighted by Crippen LogP contribution is 2.35. The molecule has 0 fully saturated rings. The maximum atomic E-state index is 13.8. The Morgan fingerprint density at radius 2 is 2.02 bits per heavy atom. The molecule has 5 rings (SSSR count). The van der Waals surface area contributed by atoms with Gasteiger partial charge in [0.05, 0.1) is 44.7 Å². The molecular formula is C30H24IN3O5S2. The molecule has 1 aliphatic rings. The number of nitriles is 1. The van der Waals surface area contributed by atoms with E-state index < -0.39 is 12.0 Å². The molecule has 0 N–H and O–H groups in total. The number of rotatable bonds is 8. The fourth-order valence-electron chi connectivity index (χ4n) is 4.45. The Morgan fingerprint density at radius 3 is 2.68 bits per heavy atom. The lowest BCUT2D eigenvalue weighted by atomic mass is 10.0. The van der Waals surface area contributed by atoms with Crippen LogP contribution in [0.5, 0.6) is 11.5 Å². The van der Waals surface area contributed by atoms with Gasteiger partial charge in [-0.15, -0.1) is 11.3 Å². The van der Waals surface area contributed by atoms with E-state index in [4.69, 9.17) is 19.5 Å². The second-order valence-electron chi connectivity index (χ2n) is 8.95. The average molecular weight is 698 g/mol. The zero-order valence-corrected chi connectivity index (χ0v) is 26.1. The molecule has 1 atom stereocenters. The number of nitrogens with zero attached hydrogens (tertiary/aromatic N) is 3. The molecule has 0 saturated heterocycles. The number of benzene rings is 2. The van der Waals surface area contributed by atoms with Crippen molar-refractivity contribution in [2.45, 2.75) is 26.5 Å². The van der Waals surface area contributed by atoms with Gasteiger partial charge < -0.3 is 14.2 Å². The standard InChI is InChI=1S/C30H24IN3O5S2/c1-4-38-29(36)25-17(2)33-30-34(26(25)23-6-5-11-40-23)28(35)24(41-30)14-20-12-21(31)27(22(13-20)37-3)39-16-19-9-7-18(15-32)8-10-19/h5-14,26H,4,16H2,1-3H3/b24-14-/t26-/m1/s1. The Balaban J connectivity index is 1.53. The van der Waals surface area contributed by atoms with Crippen LogP contribution in [0.25, 0.3) is 6.08 Å². The van der Waals surface area contributed by atoms with Crippen molar-refractivity contribution in [3.8, 4) is 17.6 Å². The summed E-state index contributed by atoms with van der Waals surface area (Å²) in [5.41, 5.74) is 2.94. The van der Waals surface area contributed by atoms with Crippen molar-refractivity contribution in [1.82, 2.24) is 4.57 Å². The first kappa shape index (κ1) is 28.8. The van der Waals surface area contributed by atoms with E-state index in [0.717, 1.165) is 19.6 Å². The van der Waals surface area contributed by atoms with Crippen LogP contribution in [0.15, 0.2) is 75.0 Å². The molecule has 0 spiro atoms. The van der Waals surface area contributed by atoms with Crippen LogP contribution < -0.4 is 24.4 Å². The van der Waals surface area contributed by atoms with Gasteiger partial charge in [0.25, 0.3) is 5.56 Å². The normalized spacial score (nSPS) is 14.7. The molecule has 41 heavy (non-hydrogen) atoms. The summed E-state index contributed by atoms with van der Waals surface area (Å²) in [6, 6.07) is 16.2. The number of halogens is 1. The lowest BCUT2D eigenvalue weighted by molar-refractivity contribution is -0.139. The zero-order chi connectivity index (χ0) is 29.1. The van der Waals surface area contributed by atoms with Crippen molar-refractivity contribution in [3.05, 3.63) is 110 Å². The minimum atomic E-state index is -0.611. The molecule has 1 aliphatic heterocycles. The zero-order valence-electron chi connectivity index (χ0n) is 22.3. The molecule has 208 valence electrons. The predicted molar refractivity (Wildman–Crippen MR) is 166 cm³/mol. The van der Waals surface area contributed by atoms with Gasteiger partial charge in [-0.25, -0.2) is 9.79 Å². The molecular weight excluding hydrogens is 673 g/mol. The summed E-state index contributed by atoms with van der Waals surface area (Å²) in [6.45, 7) is 4.06. The molecule has 8 nitrogen and oxygen atoms in total. The van der Waals surface area contributed by atoms with Gasteiger partial charge in [-0.1, -0.05) is 29.5 Å². The van der Waals surface area contributed by atoms with Gasteiger partial charge in [-0.2, -0.15) is 5.26 Å². The summed E-state index contributed by atoms with van der Waals surface area (Å²) in [5.74, 6) is 0.641. The smallest absolute Gasteiger partial charge is 0.338 e. The van der Waals surface area contributed by atoms with Gasteiger partial charge in [0.1, 0.15) is 12.6 Å². The van der Waals surface area contributed by atoms with E-state index in [9.17, 15) is 9.59 Å². The maximum Gasteiger partial charge on any atom is 0.338 e. The molecule has 0 bridgehead atoms. The molecule has 2 aromatic heterocycles. The minimum absolute atomic E-state index is 0.227. The third kappa shape index (κ3) is 5.86. The quantitative estimate of drug-likeness (QED) is 0.191. The number of allylic oxidation sites excluding steroid dienone is 1. The van der Waals surface area contributed by atoms with Gasteiger partial charge in [0.2, 0.25) is 0 Å². The SMILES string of the molecule is CCOC(=O)C1=C(C)N=c2s/c(=C\c3cc(I)c(OCc4ccc(C#N)cc4)c(OC)c3)c(=O)n2[C@@H]1c1cccs1. The van der Waals surface area contributed by atoms with E-state index in [-0.39, 0.29) is 12.2 Å². The van der Waals surface area contributed by atoms with Crippen LogP contribution in [-0.2, 0) is 16.1 Å². The molecule has 11 heteroatoms. The van der Waals surface area contributed by atoms with Crippen molar-refractivity contribution < 1.29 is 19.0 Å². The summed E-state index contributed by atoms with van der Waals surface area (Å²) < 4.78 is 19.9. The van der Waals surface area contributed by atoms with Crippen LogP contribution in [0, 0.1) is 14.9 Å². The second-order valence-corrected chi connectivity index (χ2v) is 12.1. The van der Waals surface area contributed by atoms with Crippen LogP contribution in [0.4, 0.5) is 0 Å². The van der Waals surface area contributed by atoms with Gasteiger partial charge in [-0.3, -0.25) is 9.36 Å². The van der Waals surface area contributed by atoms with Crippen molar-refractivity contribution in [2.75, 3.05) is 13.7 Å². The van der Waals surface area contributed by atoms with Crippen molar-refractivity contribution in [2.24, 2.45) is 4.99 Å². The Labute approximate surface area is 257 Å². The third-order valence-electron chi connectivity index (χ3n) is 6.35. The van der Waals surface area contributed by atoms with Gasteiger partial charge in [0.15, 0.2) is 16.3 Å². The first-order valence-electron chi connectivity index (χ1n) is 12.6. The molecule has 2 aromatic carbocycles. The highest BCUT2D eigenvalue weighted by atomic mass is 127. The first-order chi connectivity index (χ1) is 19.8. The molecule has 0 saturated carbocycles. The largest absolute Gasteiger partial charge is 0.493 e. The van der Waals surface area contributed by atoms with Crippen LogP contribution in [0.3, 0.4) is 0 Å². The second kappa shape index (κ2) is 12.4. The number of thiophene rings is 1. The number of carbonyl (C=O) groups is 1. The number of ether oxygens (including phenoxy) is 3. The number of esters is 1. The van der Waals surface area contributed by atoms with E-state index in [2.05, 4.69) is 33.7 Å². The highest BCUT2D eigenvalue weighted by Gasteiger charge is 2.33. The molecule has 3 heterocycles. The van der Waals surface area contributed by atoms with Gasteiger partial charge in [0, 0.05) is 4.88 Å². The highest BCUT2D eigenvalue weighted by molar-refractivity contribution is 14.1. The fourth-order valence-corrected chi connectivity index (χ4v) is 7.10. The van der Waals surface area contributed by atoms with Crippen molar-refractivity contribution >= 4 is 57.3 Å². The molecule has 0 amide bonds. The lowest BCUT2D eigenvalue weighted by Crippen LogP contribution is -2.39. The monoisotopic (exact) mass is 697 g/mol. The van der Waals surface area contributed by atoms with E-state index in [1.165, 1.54) is 22.7 Å². The lowest BCUT2D eigenvalue weighted by Gasteiger charge is -2.23. The van der Waals surface area contributed by atoms with Crippen LogP contribution in [0.1, 0.15) is 41.5 Å². The average Bonchev–Trinajstić information content (AvgIpc) is 3.60. The van der Waals surface area contributed by atoms with Gasteiger partial charge in [-0.05, 0) is 89.4 Å². The molecule has 0 radical (unpaired) electrons. The summed E-state index contributed by atoms with van der Waals surface area (Å²) in [5, 5.41) is 10.9. The van der Waals surface area contributed by atoms with E-state index in [1.807, 2.05) is 41.8 Å². The Morgan fingerprint density at radius 1 is 1.24 bits per heavy atom. The number of carbonyl (C=O) groups excluding carboxylic acids is 1. The van der Waals surface area contributed by atoms with E-state index in [0.29, 0.717) is 44.3 Å². The number of hydrogen-bond acceptors (Lipinski definition) is 9. The summed E-state index contributed by atoms with van der Waals surface area (Å²) in [6.07, 6.45) is 1.80. The van der Waals surface area contributed by atoms with Crippen molar-refractivity contribution in [1.29, 1.82) is 5.26 Å². The van der Waals surface area contributed by atoms with Crippen LogP contribution in [0.2, 0.25) is 0 Å². The first-order valence-corrected chi connectivity index (χ1v) is 15.3. The number of methoxy groups -OCH3 is 1. The Kier molecular flexibility index (Phi) is 8.72. The summed E-state index contributed by atoms with van der Waals surface area (Å²) in [7, 11) is 1.57. The van der Waals surface area contributed by atoms with E-state index in [1.54, 1.807) is 43.7 Å². The third-order valence-corrected chi connectivity index (χ3v) is 9.05. The minimum Gasteiger partial charge on any atom is -0.493 e. The number of fused-ring (bicyclic) bond motifs is 1. The van der Waals surface area contributed by atoms with Gasteiger partial charge >= 0.3 is 5.97 Å².